The molecule has 4 aromatic rings. The Morgan fingerprint density at radius 1 is 1.09 bits per heavy atom. The van der Waals surface area contributed by atoms with E-state index in [4.69, 9.17) is 9.97 Å². The minimum absolute atomic E-state index is 0.150. The molecule has 2 aromatic carbocycles. The summed E-state index contributed by atoms with van der Waals surface area (Å²) in [6.45, 7) is 11.7. The molecule has 0 unspecified atom stereocenters. The lowest BCUT2D eigenvalue weighted by Gasteiger charge is -2.31. The molecule has 0 aliphatic carbocycles. The lowest BCUT2D eigenvalue weighted by molar-refractivity contribution is -0.129. The second-order valence-corrected chi connectivity index (χ2v) is 13.8. The van der Waals surface area contributed by atoms with E-state index in [1.165, 1.54) is 28.8 Å². The molecule has 1 fully saturated rings. The van der Waals surface area contributed by atoms with E-state index < -0.39 is 0 Å². The highest BCUT2D eigenvalue weighted by molar-refractivity contribution is 8.00. The van der Waals surface area contributed by atoms with Gasteiger partial charge < -0.3 is 14.9 Å². The van der Waals surface area contributed by atoms with Crippen LogP contribution in [0.15, 0.2) is 54.7 Å². The Morgan fingerprint density at radius 2 is 1.84 bits per heavy atom. The number of benzene rings is 2. The van der Waals surface area contributed by atoms with Gasteiger partial charge >= 0.3 is 0 Å². The van der Waals surface area contributed by atoms with E-state index in [9.17, 15) is 4.79 Å². The standard InChI is InChI=1S/C33H39FN6OS2/c1-6-20-42-39-26-9-7-8-25(28(26)34)29-30(43-31(38-29)33(3,4)5)27-14-17-35-32(37-27)36-24-12-10-22(11-13-24)23-15-18-40(19-16-23)21(2)41/h7-14,17,23,39H,6,15-16,18-20H2,1-5H3,(H,35,36,37). The third-order valence-corrected chi connectivity index (χ3v) is 9.96. The van der Waals surface area contributed by atoms with Gasteiger partial charge in [0.15, 0.2) is 5.82 Å². The first kappa shape index (κ1) is 30.9. The monoisotopic (exact) mass is 618 g/mol. The summed E-state index contributed by atoms with van der Waals surface area (Å²) in [5.74, 6) is 1.63. The van der Waals surface area contributed by atoms with E-state index in [-0.39, 0.29) is 17.1 Å². The van der Waals surface area contributed by atoms with Gasteiger partial charge in [0.2, 0.25) is 11.9 Å². The molecule has 43 heavy (non-hydrogen) atoms. The molecule has 1 aliphatic heterocycles. The maximum absolute atomic E-state index is 15.8. The van der Waals surface area contributed by atoms with Gasteiger partial charge in [-0.25, -0.2) is 19.3 Å². The number of thiazole rings is 1. The van der Waals surface area contributed by atoms with Crippen LogP contribution in [-0.4, -0.2) is 44.6 Å². The van der Waals surface area contributed by atoms with Crippen molar-refractivity contribution in [3.8, 4) is 21.8 Å². The van der Waals surface area contributed by atoms with E-state index in [1.807, 2.05) is 29.2 Å². The summed E-state index contributed by atoms with van der Waals surface area (Å²) < 4.78 is 19.0. The molecular weight excluding hydrogens is 580 g/mol. The normalized spacial score (nSPS) is 14.1. The topological polar surface area (TPSA) is 83.0 Å². The number of anilines is 3. The van der Waals surface area contributed by atoms with Gasteiger partial charge in [-0.3, -0.25) is 4.79 Å². The number of likely N-dealkylation sites (tertiary alicyclic amines) is 1. The molecular formula is C33H39FN6OS2. The summed E-state index contributed by atoms with van der Waals surface area (Å²) in [6, 6.07) is 15.6. The van der Waals surface area contributed by atoms with Crippen molar-refractivity contribution in [3.05, 3.63) is 71.1 Å². The SMILES string of the molecule is CCCSNc1cccc(-c2nc(C(C)(C)C)sc2-c2ccnc(Nc3ccc(C4CCN(C(C)=O)CC4)cc3)n2)c1F. The Bertz CT molecular complexity index is 1560. The quantitative estimate of drug-likeness (QED) is 0.143. The van der Waals surface area contributed by atoms with Gasteiger partial charge in [0, 0.05) is 48.6 Å². The highest BCUT2D eigenvalue weighted by Crippen LogP contribution is 2.42. The molecule has 7 nitrogen and oxygen atoms in total. The Hall–Kier alpha value is -3.50. The molecule has 1 amide bonds. The third kappa shape index (κ3) is 7.36. The molecule has 1 saturated heterocycles. The maximum Gasteiger partial charge on any atom is 0.227 e. The summed E-state index contributed by atoms with van der Waals surface area (Å²) in [4.78, 5) is 28.6. The first-order valence-electron chi connectivity index (χ1n) is 14.8. The Balaban J connectivity index is 1.40. The maximum atomic E-state index is 15.8. The van der Waals surface area contributed by atoms with Gasteiger partial charge in [0.05, 0.1) is 27.0 Å². The number of nitrogens with one attached hydrogen (secondary N) is 2. The summed E-state index contributed by atoms with van der Waals surface area (Å²) in [7, 11) is 0. The van der Waals surface area contributed by atoms with Crippen molar-refractivity contribution in [1.82, 2.24) is 19.9 Å². The van der Waals surface area contributed by atoms with Crippen molar-refractivity contribution in [2.75, 3.05) is 28.9 Å². The Morgan fingerprint density at radius 3 is 2.51 bits per heavy atom. The van der Waals surface area contributed by atoms with Crippen LogP contribution >= 0.6 is 23.3 Å². The van der Waals surface area contributed by atoms with Crippen LogP contribution in [0.4, 0.5) is 21.7 Å². The number of amides is 1. The summed E-state index contributed by atoms with van der Waals surface area (Å²) in [5.41, 5.74) is 4.12. The highest BCUT2D eigenvalue weighted by atomic mass is 32.2. The summed E-state index contributed by atoms with van der Waals surface area (Å²) in [5, 5.41) is 4.24. The Labute approximate surface area is 261 Å². The van der Waals surface area contributed by atoms with E-state index in [0.717, 1.165) is 53.7 Å². The van der Waals surface area contributed by atoms with Crippen molar-refractivity contribution in [3.63, 3.8) is 0 Å². The summed E-state index contributed by atoms with van der Waals surface area (Å²) >= 11 is 3.04. The van der Waals surface area contributed by atoms with Crippen molar-refractivity contribution >= 4 is 46.5 Å². The molecule has 1 aliphatic rings. The van der Waals surface area contributed by atoms with Gasteiger partial charge in [0.1, 0.15) is 0 Å². The molecule has 0 saturated carbocycles. The van der Waals surface area contributed by atoms with Crippen LogP contribution in [-0.2, 0) is 10.2 Å². The lowest BCUT2D eigenvalue weighted by atomic mass is 9.89. The van der Waals surface area contributed by atoms with E-state index >= 15 is 4.39 Å². The van der Waals surface area contributed by atoms with Crippen molar-refractivity contribution in [2.45, 2.75) is 65.2 Å². The molecule has 2 aromatic heterocycles. The van der Waals surface area contributed by atoms with Gasteiger partial charge in [0.25, 0.3) is 0 Å². The fraction of sp³-hybridized carbons (Fsp3) is 0.394. The molecule has 0 atom stereocenters. The molecule has 10 heteroatoms. The molecule has 0 bridgehead atoms. The highest BCUT2D eigenvalue weighted by Gasteiger charge is 2.26. The zero-order valence-corrected chi connectivity index (χ0v) is 27.0. The molecule has 3 heterocycles. The number of rotatable bonds is 9. The molecule has 2 N–H and O–H groups in total. The number of carbonyl (C=O) groups excluding carboxylic acids is 1. The third-order valence-electron chi connectivity index (χ3n) is 7.48. The smallest absolute Gasteiger partial charge is 0.227 e. The number of piperidine rings is 1. The van der Waals surface area contributed by atoms with Crippen LogP contribution in [0.2, 0.25) is 0 Å². The first-order valence-corrected chi connectivity index (χ1v) is 16.6. The van der Waals surface area contributed by atoms with Gasteiger partial charge in [-0.1, -0.05) is 57.8 Å². The molecule has 226 valence electrons. The van der Waals surface area contributed by atoms with E-state index in [1.54, 1.807) is 25.3 Å². The Kier molecular flexibility index (Phi) is 9.66. The number of halogens is 1. The zero-order chi connectivity index (χ0) is 30.6. The van der Waals surface area contributed by atoms with Crippen LogP contribution in [0.3, 0.4) is 0 Å². The zero-order valence-electron chi connectivity index (χ0n) is 25.4. The number of hydrogen-bond donors (Lipinski definition) is 2. The average Bonchev–Trinajstić information content (AvgIpc) is 3.45. The van der Waals surface area contributed by atoms with Gasteiger partial charge in [-0.2, -0.15) is 0 Å². The summed E-state index contributed by atoms with van der Waals surface area (Å²) in [6.07, 6.45) is 4.67. The second-order valence-electron chi connectivity index (χ2n) is 11.9. The molecule has 0 radical (unpaired) electrons. The lowest BCUT2D eigenvalue weighted by Crippen LogP contribution is -2.36. The fourth-order valence-electron chi connectivity index (χ4n) is 5.06. The van der Waals surface area contributed by atoms with Crippen LogP contribution in [0.5, 0.6) is 0 Å². The number of carbonyl (C=O) groups is 1. The number of aromatic nitrogens is 3. The van der Waals surface area contributed by atoms with E-state index in [0.29, 0.717) is 34.5 Å². The van der Waals surface area contributed by atoms with Crippen molar-refractivity contribution in [2.24, 2.45) is 0 Å². The predicted octanol–water partition coefficient (Wildman–Crippen LogP) is 8.64. The van der Waals surface area contributed by atoms with Crippen LogP contribution < -0.4 is 10.0 Å². The van der Waals surface area contributed by atoms with Gasteiger partial charge in [-0.15, -0.1) is 11.3 Å². The van der Waals surface area contributed by atoms with Crippen molar-refractivity contribution in [1.29, 1.82) is 0 Å². The average molecular weight is 619 g/mol. The second kappa shape index (κ2) is 13.4. The van der Waals surface area contributed by atoms with Crippen LogP contribution in [0, 0.1) is 5.82 Å². The fourth-order valence-corrected chi connectivity index (χ4v) is 6.79. The van der Waals surface area contributed by atoms with Crippen LogP contribution in [0.25, 0.3) is 21.8 Å². The number of nitrogens with zero attached hydrogens (tertiary/aromatic N) is 4. The number of hydrogen-bond acceptors (Lipinski definition) is 8. The van der Waals surface area contributed by atoms with Crippen LogP contribution in [0.1, 0.15) is 70.4 Å². The largest absolute Gasteiger partial charge is 0.343 e. The van der Waals surface area contributed by atoms with E-state index in [2.05, 4.69) is 54.9 Å². The minimum Gasteiger partial charge on any atom is -0.343 e. The minimum atomic E-state index is -0.322. The molecule has 0 spiro atoms. The van der Waals surface area contributed by atoms with Crippen molar-refractivity contribution < 1.29 is 9.18 Å². The first-order chi connectivity index (χ1) is 20.6. The predicted molar refractivity (Wildman–Crippen MR) is 178 cm³/mol. The van der Waals surface area contributed by atoms with Gasteiger partial charge in [-0.05, 0) is 61.1 Å². The molecule has 5 rings (SSSR count).